The number of amides is 5. The summed E-state index contributed by atoms with van der Waals surface area (Å²) in [5.41, 5.74) is -2.53. The molecule has 3 fully saturated rings. The van der Waals surface area contributed by atoms with Gasteiger partial charge in [-0.15, -0.1) is 6.58 Å². The molecule has 16 nitrogen and oxygen atoms in total. The summed E-state index contributed by atoms with van der Waals surface area (Å²) in [7, 11) is -2.39. The highest BCUT2D eigenvalue weighted by Gasteiger charge is 2.62. The van der Waals surface area contributed by atoms with Crippen LogP contribution in [-0.2, 0) is 33.9 Å². The van der Waals surface area contributed by atoms with Crippen molar-refractivity contribution < 1.29 is 46.6 Å². The maximum absolute atomic E-state index is 14.3. The molecule has 0 unspecified atom stereocenters. The van der Waals surface area contributed by atoms with E-state index in [1.807, 2.05) is 0 Å². The molecular formula is C35H44N6O10S. The number of nitrogens with zero attached hydrogens (tertiary/aromatic N) is 2. The third-order valence-electron chi connectivity index (χ3n) is 8.97. The van der Waals surface area contributed by atoms with Crippen molar-refractivity contribution in [3.63, 3.8) is 0 Å². The zero-order valence-electron chi connectivity index (χ0n) is 29.5. The lowest BCUT2D eigenvalue weighted by Crippen LogP contribution is -2.59. The summed E-state index contributed by atoms with van der Waals surface area (Å²) in [6, 6.07) is 4.41. The number of aromatic nitrogens is 1. The molecule has 1 aromatic carbocycles. The van der Waals surface area contributed by atoms with Gasteiger partial charge in [-0.2, -0.15) is 0 Å². The molecule has 0 bridgehead atoms. The van der Waals surface area contributed by atoms with Crippen molar-refractivity contribution >= 4 is 50.5 Å². The van der Waals surface area contributed by atoms with Gasteiger partial charge in [-0.05, 0) is 75.8 Å². The van der Waals surface area contributed by atoms with Crippen LogP contribution >= 0.6 is 0 Å². The van der Waals surface area contributed by atoms with E-state index in [2.05, 4.69) is 38.8 Å². The smallest absolute Gasteiger partial charge is 0.408 e. The number of sulfonamides is 1. The number of ether oxygens (including phenoxy) is 3. The van der Waals surface area contributed by atoms with E-state index in [1.165, 1.54) is 11.0 Å². The minimum Gasteiger partial charge on any atom is -0.497 e. The molecule has 52 heavy (non-hydrogen) atoms. The first-order chi connectivity index (χ1) is 24.5. The van der Waals surface area contributed by atoms with Crippen LogP contribution < -0.4 is 30.1 Å². The fraction of sp³-hybridized carbons (Fsp3) is 0.486. The van der Waals surface area contributed by atoms with Crippen molar-refractivity contribution in [1.82, 2.24) is 30.6 Å². The Morgan fingerprint density at radius 3 is 2.48 bits per heavy atom. The number of methoxy groups -OCH3 is 1. The Balaban J connectivity index is 1.44. The average Bonchev–Trinajstić information content (AvgIpc) is 4.02. The molecule has 280 valence electrons. The Bertz CT molecular complexity index is 1890. The molecule has 5 rings (SSSR count). The maximum Gasteiger partial charge on any atom is 0.408 e. The first kappa shape index (κ1) is 38.1. The predicted molar refractivity (Wildman–Crippen MR) is 188 cm³/mol. The molecule has 2 aliphatic carbocycles. The number of benzene rings is 1. The predicted octanol–water partition coefficient (Wildman–Crippen LogP) is 1.46. The quantitative estimate of drug-likeness (QED) is 0.161. The van der Waals surface area contributed by atoms with Crippen molar-refractivity contribution in [3.05, 3.63) is 55.8 Å². The fourth-order valence-electron chi connectivity index (χ4n) is 6.03. The van der Waals surface area contributed by atoms with Gasteiger partial charge in [0.15, 0.2) is 0 Å². The van der Waals surface area contributed by atoms with Gasteiger partial charge in [0, 0.05) is 30.5 Å². The Morgan fingerprint density at radius 2 is 1.87 bits per heavy atom. The Morgan fingerprint density at radius 1 is 1.13 bits per heavy atom. The van der Waals surface area contributed by atoms with Gasteiger partial charge in [-0.1, -0.05) is 12.7 Å². The molecular weight excluding hydrogens is 696 g/mol. The molecule has 17 heteroatoms. The lowest BCUT2D eigenvalue weighted by Gasteiger charge is -2.30. The maximum atomic E-state index is 14.3. The molecule has 5 atom stereocenters. The first-order valence-electron chi connectivity index (χ1n) is 16.8. The minimum atomic E-state index is -3.94. The minimum absolute atomic E-state index is 0.0687. The standard InChI is InChI=1S/C35H44N6O10S/c1-7-21-17-35(21,32(45)40-52(47,48)24-10-11-24)39-29(43)27-16-23(50-30-25-12-9-22(49-6)15-20(25)13-14-36-30)19-41(27)31(44)26(18-37-28(42)8-2)38-33(46)51-34(3,4)5/h7-9,12-15,21,23-24,26-27H,1-2,10-11,16-19H2,3-6H3,(H,37,42)(H,38,46)(H,39,43)(H,40,45)/t21-,23-,26+,27+,35-/m1/s1. The highest BCUT2D eigenvalue weighted by molar-refractivity contribution is 7.91. The number of fused-ring (bicyclic) bond motifs is 1. The van der Waals surface area contributed by atoms with Crippen LogP contribution in [0.2, 0.25) is 0 Å². The normalized spacial score (nSPS) is 23.1. The summed E-state index contributed by atoms with van der Waals surface area (Å²) in [6.45, 7) is 11.5. The van der Waals surface area contributed by atoms with Gasteiger partial charge in [0.25, 0.3) is 5.91 Å². The van der Waals surface area contributed by atoms with Gasteiger partial charge in [0.2, 0.25) is 33.6 Å². The number of pyridine rings is 1. The number of carbonyl (C=O) groups is 5. The zero-order valence-corrected chi connectivity index (χ0v) is 30.3. The summed E-state index contributed by atoms with van der Waals surface area (Å²) >= 11 is 0. The Kier molecular flexibility index (Phi) is 10.8. The van der Waals surface area contributed by atoms with Crippen molar-refractivity contribution in [1.29, 1.82) is 0 Å². The molecule has 2 saturated carbocycles. The topological polar surface area (TPSA) is 211 Å². The lowest BCUT2D eigenvalue weighted by molar-refractivity contribution is -0.141. The zero-order chi connectivity index (χ0) is 38.0. The van der Waals surface area contributed by atoms with E-state index < -0.39 is 80.2 Å². The van der Waals surface area contributed by atoms with Crippen molar-refractivity contribution in [2.24, 2.45) is 5.92 Å². The Hall–Kier alpha value is -5.19. The van der Waals surface area contributed by atoms with E-state index in [4.69, 9.17) is 14.2 Å². The van der Waals surface area contributed by atoms with Gasteiger partial charge >= 0.3 is 6.09 Å². The third kappa shape index (κ3) is 8.63. The number of hydrogen-bond donors (Lipinski definition) is 4. The highest BCUT2D eigenvalue weighted by atomic mass is 32.2. The van der Waals surface area contributed by atoms with Crippen LogP contribution in [0.15, 0.2) is 55.8 Å². The largest absolute Gasteiger partial charge is 0.497 e. The molecule has 0 radical (unpaired) electrons. The van der Waals surface area contributed by atoms with Crippen LogP contribution in [0, 0.1) is 5.92 Å². The summed E-state index contributed by atoms with van der Waals surface area (Å²) in [4.78, 5) is 72.4. The lowest BCUT2D eigenvalue weighted by atomic mass is 10.1. The summed E-state index contributed by atoms with van der Waals surface area (Å²) in [6.07, 6.45) is 3.13. The molecule has 5 amide bonds. The molecule has 2 aromatic rings. The van der Waals surface area contributed by atoms with E-state index in [0.29, 0.717) is 24.0 Å². The van der Waals surface area contributed by atoms with E-state index in [9.17, 15) is 32.4 Å². The number of nitrogens with one attached hydrogen (secondary N) is 4. The average molecular weight is 741 g/mol. The number of carbonyl (C=O) groups excluding carboxylic acids is 5. The van der Waals surface area contributed by atoms with E-state index >= 15 is 0 Å². The van der Waals surface area contributed by atoms with Crippen LogP contribution in [0.5, 0.6) is 11.6 Å². The second kappa shape index (κ2) is 14.8. The fourth-order valence-corrected chi connectivity index (χ4v) is 7.39. The van der Waals surface area contributed by atoms with E-state index in [0.717, 1.165) is 11.5 Å². The van der Waals surface area contributed by atoms with Gasteiger partial charge in [0.05, 0.1) is 18.9 Å². The van der Waals surface area contributed by atoms with Crippen LogP contribution in [0.3, 0.4) is 0 Å². The molecule has 1 aliphatic heterocycles. The second-order valence-corrected chi connectivity index (χ2v) is 16.0. The van der Waals surface area contributed by atoms with Gasteiger partial charge in [0.1, 0.15) is 35.1 Å². The number of alkyl carbamates (subject to hydrolysis) is 1. The molecule has 2 heterocycles. The first-order valence-corrected chi connectivity index (χ1v) is 18.3. The van der Waals surface area contributed by atoms with Crippen LogP contribution in [-0.4, -0.2) is 103 Å². The summed E-state index contributed by atoms with van der Waals surface area (Å²) in [5.74, 6) is -2.75. The van der Waals surface area contributed by atoms with Crippen molar-refractivity contribution in [2.75, 3.05) is 20.2 Å². The van der Waals surface area contributed by atoms with Crippen LogP contribution in [0.25, 0.3) is 10.8 Å². The number of likely N-dealkylation sites (tertiary alicyclic amines) is 1. The van der Waals surface area contributed by atoms with Crippen LogP contribution in [0.4, 0.5) is 4.79 Å². The van der Waals surface area contributed by atoms with Gasteiger partial charge in [-0.25, -0.2) is 18.2 Å². The monoisotopic (exact) mass is 740 g/mol. The Labute approximate surface area is 301 Å². The molecule has 0 spiro atoms. The van der Waals surface area contributed by atoms with Gasteiger partial charge < -0.3 is 35.1 Å². The highest BCUT2D eigenvalue weighted by Crippen LogP contribution is 2.45. The van der Waals surface area contributed by atoms with Crippen molar-refractivity contribution in [3.8, 4) is 11.6 Å². The molecule has 1 aromatic heterocycles. The third-order valence-corrected chi connectivity index (χ3v) is 10.8. The van der Waals surface area contributed by atoms with Crippen molar-refractivity contribution in [2.45, 2.75) is 81.0 Å². The molecule has 1 saturated heterocycles. The van der Waals surface area contributed by atoms with Crippen LogP contribution in [0.1, 0.15) is 46.5 Å². The number of rotatable bonds is 14. The molecule has 3 aliphatic rings. The summed E-state index contributed by atoms with van der Waals surface area (Å²) in [5, 5.41) is 8.43. The van der Waals surface area contributed by atoms with E-state index in [1.54, 1.807) is 58.3 Å². The van der Waals surface area contributed by atoms with E-state index in [-0.39, 0.29) is 31.8 Å². The number of hydrogen-bond acceptors (Lipinski definition) is 11. The molecule has 4 N–H and O–H groups in total. The van der Waals surface area contributed by atoms with Gasteiger partial charge in [-0.3, -0.25) is 23.9 Å². The summed E-state index contributed by atoms with van der Waals surface area (Å²) < 4.78 is 44.4. The SMILES string of the molecule is C=CC(=O)NC[C@H](NC(=O)OC(C)(C)C)C(=O)N1C[C@H](Oc2nccc3cc(OC)ccc23)C[C@H]1C(=O)N[C@]1(C(=O)NS(=O)(=O)C2CC2)C[C@H]1C=C. The second-order valence-electron chi connectivity index (χ2n) is 14.0.